The van der Waals surface area contributed by atoms with Gasteiger partial charge in [-0.1, -0.05) is 11.6 Å². The van der Waals surface area contributed by atoms with Crippen molar-refractivity contribution < 1.29 is 13.9 Å². The number of nitrogens with one attached hydrogen (secondary N) is 2. The molecular weight excluding hydrogens is 395 g/mol. The van der Waals surface area contributed by atoms with Crippen LogP contribution in [0.5, 0.6) is 11.5 Å². The fourth-order valence-electron chi connectivity index (χ4n) is 4.16. The summed E-state index contributed by atoms with van der Waals surface area (Å²) in [6.45, 7) is 1.97. The Labute approximate surface area is 172 Å². The average molecular weight is 415 g/mol. The molecule has 8 heteroatoms. The highest BCUT2D eigenvalue weighted by molar-refractivity contribution is 6.31. The van der Waals surface area contributed by atoms with Gasteiger partial charge in [0.15, 0.2) is 11.5 Å². The number of fused-ring (bicyclic) bond motifs is 3. The lowest BCUT2D eigenvalue weighted by molar-refractivity contribution is -0.0455. The van der Waals surface area contributed by atoms with Gasteiger partial charge in [-0.3, -0.25) is 0 Å². The van der Waals surface area contributed by atoms with E-state index in [-0.39, 0.29) is 11.1 Å². The van der Waals surface area contributed by atoms with Gasteiger partial charge in [-0.15, -0.1) is 0 Å². The number of nitrogens with zero attached hydrogens (tertiary/aromatic N) is 2. The van der Waals surface area contributed by atoms with Crippen LogP contribution in [-0.4, -0.2) is 36.3 Å². The van der Waals surface area contributed by atoms with Crippen LogP contribution < -0.4 is 20.1 Å². The maximum absolute atomic E-state index is 13.5. The normalized spacial score (nSPS) is 22.8. The molecule has 2 bridgehead atoms. The molecule has 2 heterocycles. The molecule has 150 valence electrons. The molecule has 2 aromatic carbocycles. The maximum Gasteiger partial charge on any atom is 0.162 e. The number of piperidine rings is 2. The minimum Gasteiger partial charge on any atom is -0.493 e. The monoisotopic (exact) mass is 414 g/mol. The Hall–Kier alpha value is -2.64. The van der Waals surface area contributed by atoms with Gasteiger partial charge >= 0.3 is 0 Å². The van der Waals surface area contributed by atoms with Crippen LogP contribution in [0.3, 0.4) is 0 Å². The molecule has 1 saturated heterocycles. The standard InChI is InChI=1S/C21H20ClFN4O2/c1-28-18-7-17-14(6-19(18)29-20-11-4-12(20)9-24-8-11)21(26-10-25-17)27-13-2-3-16(23)15(22)5-13/h2-3,5-7,10-12,20,24H,4,8-9H2,1H3,(H,25,26,27)/t11-,12+,20+. The van der Waals surface area contributed by atoms with Crippen molar-refractivity contribution in [3.63, 3.8) is 0 Å². The molecule has 0 amide bonds. The van der Waals surface area contributed by atoms with Gasteiger partial charge in [-0.2, -0.15) is 0 Å². The van der Waals surface area contributed by atoms with Gasteiger partial charge in [-0.05, 0) is 30.7 Å². The Morgan fingerprint density at radius 3 is 2.69 bits per heavy atom. The summed E-state index contributed by atoms with van der Waals surface area (Å²) < 4.78 is 25.4. The molecule has 1 aromatic heterocycles. The van der Waals surface area contributed by atoms with Gasteiger partial charge in [0.2, 0.25) is 0 Å². The highest BCUT2D eigenvalue weighted by Crippen LogP contribution is 2.43. The second-order valence-electron chi connectivity index (χ2n) is 7.49. The van der Waals surface area contributed by atoms with Gasteiger partial charge in [0.25, 0.3) is 0 Å². The number of hydrogen-bond acceptors (Lipinski definition) is 6. The van der Waals surface area contributed by atoms with E-state index in [0.717, 1.165) is 24.0 Å². The number of rotatable bonds is 5. The number of hydrogen-bond donors (Lipinski definition) is 2. The van der Waals surface area contributed by atoms with Crippen molar-refractivity contribution in [3.8, 4) is 11.5 Å². The molecule has 2 fully saturated rings. The van der Waals surface area contributed by atoms with E-state index >= 15 is 0 Å². The third-order valence-electron chi connectivity index (χ3n) is 5.71. The summed E-state index contributed by atoms with van der Waals surface area (Å²) >= 11 is 5.90. The summed E-state index contributed by atoms with van der Waals surface area (Å²) in [6.07, 6.45) is 2.87. The topological polar surface area (TPSA) is 68.3 Å². The summed E-state index contributed by atoms with van der Waals surface area (Å²) in [7, 11) is 1.62. The number of benzene rings is 2. The molecule has 3 aromatic rings. The molecule has 1 aliphatic carbocycles. The highest BCUT2D eigenvalue weighted by atomic mass is 35.5. The number of halogens is 2. The fourth-order valence-corrected chi connectivity index (χ4v) is 4.34. The Kier molecular flexibility index (Phi) is 4.64. The number of ether oxygens (including phenoxy) is 2. The number of aromatic nitrogens is 2. The molecule has 0 spiro atoms. The zero-order valence-corrected chi connectivity index (χ0v) is 16.5. The Morgan fingerprint density at radius 2 is 1.97 bits per heavy atom. The van der Waals surface area contributed by atoms with Crippen molar-refractivity contribution in [1.82, 2.24) is 15.3 Å². The molecule has 6 nitrogen and oxygen atoms in total. The lowest BCUT2D eigenvalue weighted by Crippen LogP contribution is -2.59. The van der Waals surface area contributed by atoms with Crippen molar-refractivity contribution in [3.05, 3.63) is 47.5 Å². The van der Waals surface area contributed by atoms with Gasteiger partial charge in [0.1, 0.15) is 24.1 Å². The summed E-state index contributed by atoms with van der Waals surface area (Å²) in [6, 6.07) is 8.20. The molecule has 1 saturated carbocycles. The third kappa shape index (κ3) is 3.34. The lowest BCUT2D eigenvalue weighted by Gasteiger charge is -2.49. The average Bonchev–Trinajstić information content (AvgIpc) is 2.74. The smallest absolute Gasteiger partial charge is 0.162 e. The van der Waals surface area contributed by atoms with Crippen LogP contribution in [0.25, 0.3) is 10.9 Å². The van der Waals surface area contributed by atoms with E-state index in [4.69, 9.17) is 21.1 Å². The number of methoxy groups -OCH3 is 1. The highest BCUT2D eigenvalue weighted by Gasteiger charge is 2.45. The molecule has 5 rings (SSSR count). The first kappa shape index (κ1) is 18.4. The lowest BCUT2D eigenvalue weighted by atomic mass is 9.69. The molecule has 2 N–H and O–H groups in total. The maximum atomic E-state index is 13.5. The largest absolute Gasteiger partial charge is 0.493 e. The second kappa shape index (κ2) is 7.31. The van der Waals surface area contributed by atoms with E-state index in [0.29, 0.717) is 34.8 Å². The molecular formula is C21H20ClFN4O2. The van der Waals surface area contributed by atoms with Crippen LogP contribution in [0.15, 0.2) is 36.7 Å². The van der Waals surface area contributed by atoms with Gasteiger partial charge < -0.3 is 20.1 Å². The summed E-state index contributed by atoms with van der Waals surface area (Å²) in [5.74, 6) is 2.49. The molecule has 1 aliphatic heterocycles. The van der Waals surface area contributed by atoms with Gasteiger partial charge in [0.05, 0.1) is 17.6 Å². The number of anilines is 2. The molecule has 0 radical (unpaired) electrons. The first-order chi connectivity index (χ1) is 14.1. The van der Waals surface area contributed by atoms with Crippen LogP contribution in [0.1, 0.15) is 6.42 Å². The van der Waals surface area contributed by atoms with E-state index in [1.54, 1.807) is 13.2 Å². The van der Waals surface area contributed by atoms with Crippen LogP contribution in [-0.2, 0) is 0 Å². The predicted molar refractivity (Wildman–Crippen MR) is 110 cm³/mol. The molecule has 0 unspecified atom stereocenters. The summed E-state index contributed by atoms with van der Waals surface area (Å²) in [4.78, 5) is 8.71. The second-order valence-corrected chi connectivity index (χ2v) is 7.90. The zero-order valence-electron chi connectivity index (χ0n) is 15.8. The molecule has 29 heavy (non-hydrogen) atoms. The van der Waals surface area contributed by atoms with Crippen molar-refractivity contribution >= 4 is 34.0 Å². The van der Waals surface area contributed by atoms with Crippen molar-refractivity contribution in [1.29, 1.82) is 0 Å². The van der Waals surface area contributed by atoms with E-state index in [1.807, 2.05) is 12.1 Å². The van der Waals surface area contributed by atoms with Crippen LogP contribution >= 0.6 is 11.6 Å². The van der Waals surface area contributed by atoms with E-state index in [1.165, 1.54) is 24.9 Å². The minimum absolute atomic E-state index is 0.0455. The summed E-state index contributed by atoms with van der Waals surface area (Å²) in [5, 5.41) is 7.45. The van der Waals surface area contributed by atoms with Crippen molar-refractivity contribution in [2.24, 2.45) is 11.8 Å². The quantitative estimate of drug-likeness (QED) is 0.653. The van der Waals surface area contributed by atoms with E-state index in [9.17, 15) is 4.39 Å². The molecule has 2 aliphatic rings. The van der Waals surface area contributed by atoms with Crippen LogP contribution in [0.2, 0.25) is 5.02 Å². The van der Waals surface area contributed by atoms with Crippen molar-refractivity contribution in [2.75, 3.05) is 25.5 Å². The van der Waals surface area contributed by atoms with Crippen LogP contribution in [0.4, 0.5) is 15.9 Å². The summed E-state index contributed by atoms with van der Waals surface area (Å²) in [5.41, 5.74) is 1.35. The van der Waals surface area contributed by atoms with Gasteiger partial charge in [-0.25, -0.2) is 14.4 Å². The first-order valence-electron chi connectivity index (χ1n) is 9.54. The minimum atomic E-state index is -0.467. The van der Waals surface area contributed by atoms with Crippen molar-refractivity contribution in [2.45, 2.75) is 12.5 Å². The van der Waals surface area contributed by atoms with Crippen LogP contribution in [0, 0.1) is 17.7 Å². The van der Waals surface area contributed by atoms with E-state index in [2.05, 4.69) is 20.6 Å². The first-order valence-corrected chi connectivity index (χ1v) is 9.92. The Morgan fingerprint density at radius 1 is 1.14 bits per heavy atom. The van der Waals surface area contributed by atoms with Gasteiger partial charge in [0, 0.05) is 42.1 Å². The van der Waals surface area contributed by atoms with E-state index < -0.39 is 5.82 Å². The Balaban J connectivity index is 1.50. The fraction of sp³-hybridized carbons (Fsp3) is 0.333. The SMILES string of the molecule is COc1cc2ncnc(Nc3ccc(F)c(Cl)c3)c2cc1O[C@@H]1[C@@H]2CNC[C@H]1C2. The molecule has 3 atom stereocenters. The predicted octanol–water partition coefficient (Wildman–Crippen LogP) is 4.16. The zero-order chi connectivity index (χ0) is 20.0. The Bertz CT molecular complexity index is 1070. The third-order valence-corrected chi connectivity index (χ3v) is 6.00.